The molecule has 0 bridgehead atoms. The van der Waals surface area contributed by atoms with Gasteiger partial charge in [-0.15, -0.1) is 11.3 Å². The van der Waals surface area contributed by atoms with Gasteiger partial charge in [-0.2, -0.15) is 0 Å². The Morgan fingerprint density at radius 2 is 1.55 bits per heavy atom. The van der Waals surface area contributed by atoms with Crippen LogP contribution in [0.15, 0.2) is 72.1 Å². The van der Waals surface area contributed by atoms with Crippen molar-refractivity contribution < 1.29 is 18.0 Å². The highest BCUT2D eigenvalue weighted by molar-refractivity contribution is 7.13. The number of thiazole rings is 1. The summed E-state index contributed by atoms with van der Waals surface area (Å²) in [7, 11) is 0. The van der Waals surface area contributed by atoms with Crippen molar-refractivity contribution in [1.29, 1.82) is 0 Å². The second kappa shape index (κ2) is 7.89. The van der Waals surface area contributed by atoms with E-state index in [4.69, 9.17) is 0 Å². The minimum Gasteiger partial charge on any atom is -0.322 e. The van der Waals surface area contributed by atoms with Gasteiger partial charge in [0.2, 0.25) is 0 Å². The van der Waals surface area contributed by atoms with Gasteiger partial charge in [-0.25, -0.2) is 18.2 Å². The summed E-state index contributed by atoms with van der Waals surface area (Å²) in [5, 5.41) is 5.30. The second-order valence-electron chi connectivity index (χ2n) is 6.16. The summed E-state index contributed by atoms with van der Waals surface area (Å²) in [6, 6.07) is 18.2. The molecule has 3 nitrogen and oxygen atoms in total. The Morgan fingerprint density at radius 3 is 2.28 bits per heavy atom. The number of hydrogen-bond donors (Lipinski definition) is 1. The molecule has 4 rings (SSSR count). The first-order chi connectivity index (χ1) is 14.0. The third-order valence-electron chi connectivity index (χ3n) is 4.24. The molecule has 1 heterocycles. The zero-order chi connectivity index (χ0) is 20.4. The first kappa shape index (κ1) is 18.9. The third-order valence-corrected chi connectivity index (χ3v) is 5.13. The number of rotatable bonds is 4. The predicted molar refractivity (Wildman–Crippen MR) is 107 cm³/mol. The Labute approximate surface area is 168 Å². The summed E-state index contributed by atoms with van der Waals surface area (Å²) in [6.45, 7) is 0. The first-order valence-electron chi connectivity index (χ1n) is 8.59. The van der Waals surface area contributed by atoms with Crippen LogP contribution in [0.2, 0.25) is 0 Å². The number of carbonyl (C=O) groups excluding carboxylic acids is 1. The fraction of sp³-hybridized carbons (Fsp3) is 0. The van der Waals surface area contributed by atoms with E-state index in [2.05, 4.69) is 10.3 Å². The number of nitrogens with zero attached hydrogens (tertiary/aromatic N) is 1. The number of hydrogen-bond acceptors (Lipinski definition) is 3. The highest BCUT2D eigenvalue weighted by Crippen LogP contribution is 2.29. The van der Waals surface area contributed by atoms with Crippen LogP contribution in [-0.4, -0.2) is 10.9 Å². The molecule has 0 unspecified atom stereocenters. The lowest BCUT2D eigenvalue weighted by Gasteiger charge is -2.07. The number of benzene rings is 3. The molecule has 1 N–H and O–H groups in total. The monoisotopic (exact) mass is 410 g/mol. The van der Waals surface area contributed by atoms with Crippen LogP contribution in [-0.2, 0) is 0 Å². The minimum absolute atomic E-state index is 0.390. The Bertz CT molecular complexity index is 1170. The smallest absolute Gasteiger partial charge is 0.258 e. The van der Waals surface area contributed by atoms with Gasteiger partial charge in [0.1, 0.15) is 5.01 Å². The molecule has 4 aromatic rings. The van der Waals surface area contributed by atoms with Gasteiger partial charge in [-0.3, -0.25) is 4.79 Å². The molecule has 1 amide bonds. The summed E-state index contributed by atoms with van der Waals surface area (Å²) < 4.78 is 40.1. The number of amides is 1. The van der Waals surface area contributed by atoms with Crippen molar-refractivity contribution in [2.75, 3.05) is 5.32 Å². The van der Waals surface area contributed by atoms with E-state index >= 15 is 0 Å². The molecule has 3 aromatic carbocycles. The van der Waals surface area contributed by atoms with Gasteiger partial charge in [0.25, 0.3) is 5.91 Å². The van der Waals surface area contributed by atoms with E-state index in [-0.39, 0.29) is 0 Å². The zero-order valence-electron chi connectivity index (χ0n) is 14.8. The molecule has 0 radical (unpaired) electrons. The van der Waals surface area contributed by atoms with Gasteiger partial charge in [-0.1, -0.05) is 42.5 Å². The fourth-order valence-electron chi connectivity index (χ4n) is 2.74. The fourth-order valence-corrected chi connectivity index (χ4v) is 3.58. The average Bonchev–Trinajstić information content (AvgIpc) is 3.23. The number of halogens is 3. The van der Waals surface area contributed by atoms with Crippen molar-refractivity contribution in [2.24, 2.45) is 0 Å². The molecular formula is C22H13F3N2OS. The van der Waals surface area contributed by atoms with Crippen LogP contribution in [0.4, 0.5) is 18.9 Å². The summed E-state index contributed by atoms with van der Waals surface area (Å²) in [5.74, 6) is -5.41. The first-order valence-corrected chi connectivity index (χ1v) is 9.47. The molecule has 7 heteroatoms. The normalized spacial score (nSPS) is 10.7. The molecule has 29 heavy (non-hydrogen) atoms. The minimum atomic E-state index is -1.68. The number of anilines is 1. The van der Waals surface area contributed by atoms with Crippen molar-refractivity contribution in [2.45, 2.75) is 0 Å². The van der Waals surface area contributed by atoms with E-state index in [1.165, 1.54) is 11.3 Å². The Kier molecular flexibility index (Phi) is 5.14. The van der Waals surface area contributed by atoms with Gasteiger partial charge in [0.05, 0.1) is 11.3 Å². The molecule has 0 saturated carbocycles. The molecule has 0 aliphatic carbocycles. The van der Waals surface area contributed by atoms with E-state index in [0.29, 0.717) is 11.8 Å². The number of carbonyl (C=O) groups is 1. The number of aromatic nitrogens is 1. The molecule has 1 aromatic heterocycles. The highest BCUT2D eigenvalue weighted by atomic mass is 32.1. The van der Waals surface area contributed by atoms with Gasteiger partial charge in [0, 0.05) is 22.2 Å². The van der Waals surface area contributed by atoms with Crippen molar-refractivity contribution in [1.82, 2.24) is 4.98 Å². The molecule has 0 aliphatic heterocycles. The van der Waals surface area contributed by atoms with E-state index in [9.17, 15) is 18.0 Å². The largest absolute Gasteiger partial charge is 0.322 e. The maximum absolute atomic E-state index is 13.8. The Balaban J connectivity index is 1.51. The van der Waals surface area contributed by atoms with E-state index in [1.807, 2.05) is 35.7 Å². The van der Waals surface area contributed by atoms with Crippen LogP contribution >= 0.6 is 11.3 Å². The Morgan fingerprint density at radius 1 is 0.828 bits per heavy atom. The number of nitrogens with one attached hydrogen (secondary N) is 1. The molecule has 0 saturated heterocycles. The lowest BCUT2D eigenvalue weighted by Crippen LogP contribution is -2.15. The quantitative estimate of drug-likeness (QED) is 0.410. The van der Waals surface area contributed by atoms with Crippen LogP contribution in [0.25, 0.3) is 21.8 Å². The van der Waals surface area contributed by atoms with Crippen LogP contribution in [0.1, 0.15) is 10.4 Å². The molecule has 0 spiro atoms. The maximum Gasteiger partial charge on any atom is 0.258 e. The zero-order valence-corrected chi connectivity index (χ0v) is 15.6. The van der Waals surface area contributed by atoms with Crippen LogP contribution in [0, 0.1) is 17.5 Å². The van der Waals surface area contributed by atoms with Crippen molar-refractivity contribution >= 4 is 22.9 Å². The molecule has 144 valence electrons. The average molecular weight is 410 g/mol. The third kappa shape index (κ3) is 3.90. The second-order valence-corrected chi connectivity index (χ2v) is 7.02. The van der Waals surface area contributed by atoms with Gasteiger partial charge in [0.15, 0.2) is 17.5 Å². The topological polar surface area (TPSA) is 42.0 Å². The summed E-state index contributed by atoms with van der Waals surface area (Å²) in [4.78, 5) is 16.8. The molecule has 0 aliphatic rings. The maximum atomic E-state index is 13.8. The van der Waals surface area contributed by atoms with Gasteiger partial charge < -0.3 is 5.32 Å². The van der Waals surface area contributed by atoms with Crippen LogP contribution < -0.4 is 5.32 Å². The van der Waals surface area contributed by atoms with E-state index in [0.717, 1.165) is 27.9 Å². The van der Waals surface area contributed by atoms with Crippen molar-refractivity contribution in [3.05, 3.63) is 95.1 Å². The van der Waals surface area contributed by atoms with Crippen LogP contribution in [0.5, 0.6) is 0 Å². The van der Waals surface area contributed by atoms with E-state index in [1.54, 1.807) is 24.3 Å². The standard InChI is InChI=1S/C22H13F3N2OS/c23-17-11-10-16(19(24)20(17)25)21(28)26-15-8-6-13(7-9-15)18-12-29-22(27-18)14-4-2-1-3-5-14/h1-12H,(H,26,28). The molecule has 0 atom stereocenters. The predicted octanol–water partition coefficient (Wildman–Crippen LogP) is 6.15. The van der Waals surface area contributed by atoms with Gasteiger partial charge >= 0.3 is 0 Å². The van der Waals surface area contributed by atoms with Crippen molar-refractivity contribution in [3.8, 4) is 21.8 Å². The lowest BCUT2D eigenvalue weighted by molar-refractivity contribution is 0.102. The summed E-state index contributed by atoms with van der Waals surface area (Å²) >= 11 is 1.53. The summed E-state index contributed by atoms with van der Waals surface area (Å²) in [5.41, 5.74) is 2.49. The van der Waals surface area contributed by atoms with Crippen molar-refractivity contribution in [3.63, 3.8) is 0 Å². The molecule has 0 fully saturated rings. The van der Waals surface area contributed by atoms with Gasteiger partial charge in [-0.05, 0) is 24.3 Å². The van der Waals surface area contributed by atoms with E-state index < -0.39 is 28.9 Å². The summed E-state index contributed by atoms with van der Waals surface area (Å²) in [6.07, 6.45) is 0. The SMILES string of the molecule is O=C(Nc1ccc(-c2csc(-c3ccccc3)n2)cc1)c1ccc(F)c(F)c1F. The Hall–Kier alpha value is -3.45. The molecular weight excluding hydrogens is 397 g/mol. The lowest BCUT2D eigenvalue weighted by atomic mass is 10.1. The van der Waals surface area contributed by atoms with Crippen LogP contribution in [0.3, 0.4) is 0 Å². The highest BCUT2D eigenvalue weighted by Gasteiger charge is 2.19.